The molecular formula is C25H31N5O8S2. The number of aromatic hydroxyl groups is 1. The van der Waals surface area contributed by atoms with E-state index in [1.54, 1.807) is 12.1 Å². The van der Waals surface area contributed by atoms with Gasteiger partial charge in [-0.3, -0.25) is 4.72 Å². The summed E-state index contributed by atoms with van der Waals surface area (Å²) in [7, 11) is -7.30. The Morgan fingerprint density at radius 2 is 1.77 bits per heavy atom. The largest absolute Gasteiger partial charge is 0.506 e. The third-order valence-electron chi connectivity index (χ3n) is 6.61. The number of phenolic OH excluding ortho intramolecular Hbond substituents is 1. The first kappa shape index (κ1) is 29.5. The third kappa shape index (κ3) is 7.17. The maximum absolute atomic E-state index is 13.2. The zero-order chi connectivity index (χ0) is 29.1. The van der Waals surface area contributed by atoms with Gasteiger partial charge in [0.05, 0.1) is 40.4 Å². The van der Waals surface area contributed by atoms with Crippen LogP contribution in [0.3, 0.4) is 0 Å². The van der Waals surface area contributed by atoms with E-state index in [1.807, 2.05) is 0 Å². The Balaban J connectivity index is 1.27. The van der Waals surface area contributed by atoms with Crippen molar-refractivity contribution in [2.75, 3.05) is 37.2 Å². The van der Waals surface area contributed by atoms with E-state index in [-0.39, 0.29) is 34.4 Å². The molecule has 3 aromatic rings. The van der Waals surface area contributed by atoms with E-state index >= 15 is 0 Å². The standard InChI is InChI=1S/C25H31N5O8S2/c1-39(35,36)28-22-12-18(2-7-23(22)31)24(32)15-26-13-17-8-10-29(11-9-17)40(37,38)21-5-3-20(4-6-21)30-16-19(14-27-30)25(33)34/h2-7,12,14,16-17,24,26,28,31-32H,8-11,13,15H2,1H3,(H,33,34)/t24-/m0/s1. The predicted molar refractivity (Wildman–Crippen MR) is 146 cm³/mol. The number of aliphatic hydroxyl groups excluding tert-OH is 1. The van der Waals surface area contributed by atoms with E-state index in [4.69, 9.17) is 5.11 Å². The second-order valence-corrected chi connectivity index (χ2v) is 13.3. The number of carbonyl (C=O) groups is 1. The highest BCUT2D eigenvalue weighted by Crippen LogP contribution is 2.28. The van der Waals surface area contributed by atoms with Crippen LogP contribution in [0.5, 0.6) is 5.75 Å². The van der Waals surface area contributed by atoms with Crippen molar-refractivity contribution < 1.29 is 36.9 Å². The summed E-state index contributed by atoms with van der Waals surface area (Å²) < 4.78 is 54.3. The van der Waals surface area contributed by atoms with Gasteiger partial charge in [-0.25, -0.2) is 26.3 Å². The molecule has 13 nitrogen and oxygen atoms in total. The first-order chi connectivity index (χ1) is 18.8. The average molecular weight is 594 g/mol. The Labute approximate surface area is 232 Å². The molecule has 0 spiro atoms. The predicted octanol–water partition coefficient (Wildman–Crippen LogP) is 1.37. The Hall–Kier alpha value is -3.50. The minimum absolute atomic E-state index is 0.0176. The van der Waals surface area contributed by atoms with Crippen molar-refractivity contribution in [2.24, 2.45) is 5.92 Å². The number of aromatic nitrogens is 2. The van der Waals surface area contributed by atoms with Gasteiger partial charge in [0.2, 0.25) is 20.0 Å². The summed E-state index contributed by atoms with van der Waals surface area (Å²) in [5.41, 5.74) is 0.975. The topological polar surface area (TPSA) is 191 Å². The van der Waals surface area contributed by atoms with Gasteiger partial charge in [0.25, 0.3) is 0 Å². The molecule has 2 aromatic carbocycles. The van der Waals surface area contributed by atoms with Crippen LogP contribution in [0.2, 0.25) is 0 Å². The van der Waals surface area contributed by atoms with Crippen LogP contribution in [0.4, 0.5) is 5.69 Å². The fourth-order valence-electron chi connectivity index (χ4n) is 4.43. The lowest BCUT2D eigenvalue weighted by Gasteiger charge is -2.31. The van der Waals surface area contributed by atoms with Gasteiger partial charge in [-0.2, -0.15) is 9.40 Å². The lowest BCUT2D eigenvalue weighted by Crippen LogP contribution is -2.41. The van der Waals surface area contributed by atoms with Crippen molar-refractivity contribution in [1.82, 2.24) is 19.4 Å². The number of hydrogen-bond donors (Lipinski definition) is 5. The van der Waals surface area contributed by atoms with E-state index < -0.39 is 32.1 Å². The van der Waals surface area contributed by atoms with Gasteiger partial charge >= 0.3 is 5.97 Å². The smallest absolute Gasteiger partial charge is 0.338 e. The third-order valence-corrected chi connectivity index (χ3v) is 9.12. The number of rotatable bonds is 11. The minimum Gasteiger partial charge on any atom is -0.506 e. The number of phenols is 1. The van der Waals surface area contributed by atoms with Crippen LogP contribution < -0.4 is 10.0 Å². The van der Waals surface area contributed by atoms with Gasteiger partial charge < -0.3 is 20.6 Å². The van der Waals surface area contributed by atoms with E-state index in [0.717, 1.165) is 6.26 Å². The number of carboxylic acids is 1. The maximum Gasteiger partial charge on any atom is 0.338 e. The molecule has 1 aliphatic rings. The van der Waals surface area contributed by atoms with Crippen molar-refractivity contribution in [3.8, 4) is 11.4 Å². The molecule has 1 atom stereocenters. The second-order valence-electron chi connectivity index (χ2n) is 9.64. The maximum atomic E-state index is 13.2. The van der Waals surface area contributed by atoms with Crippen molar-refractivity contribution in [3.63, 3.8) is 0 Å². The number of nitrogens with zero attached hydrogens (tertiary/aromatic N) is 3. The van der Waals surface area contributed by atoms with Crippen molar-refractivity contribution in [3.05, 3.63) is 66.0 Å². The number of piperidine rings is 1. The first-order valence-corrected chi connectivity index (χ1v) is 15.7. The Bertz CT molecular complexity index is 1560. The SMILES string of the molecule is CS(=O)(=O)Nc1cc([C@@H](O)CNCC2CCN(S(=O)(=O)c3ccc(-n4cc(C(=O)O)cn4)cc3)CC2)ccc1O. The molecule has 0 unspecified atom stereocenters. The zero-order valence-electron chi connectivity index (χ0n) is 21.6. The molecule has 0 aliphatic carbocycles. The summed E-state index contributed by atoms with van der Waals surface area (Å²) in [6.45, 7) is 1.45. The first-order valence-electron chi connectivity index (χ1n) is 12.4. The molecule has 5 N–H and O–H groups in total. The molecular weight excluding hydrogens is 562 g/mol. The van der Waals surface area contributed by atoms with Gasteiger partial charge in [-0.05, 0) is 67.3 Å². The molecule has 1 aromatic heterocycles. The van der Waals surface area contributed by atoms with E-state index in [2.05, 4.69) is 15.1 Å². The molecule has 4 rings (SSSR count). The highest BCUT2D eigenvalue weighted by molar-refractivity contribution is 7.92. The van der Waals surface area contributed by atoms with Crippen LogP contribution >= 0.6 is 0 Å². The Morgan fingerprint density at radius 1 is 1.10 bits per heavy atom. The van der Waals surface area contributed by atoms with Crippen molar-refractivity contribution in [2.45, 2.75) is 23.8 Å². The van der Waals surface area contributed by atoms with Crippen LogP contribution in [0.1, 0.15) is 34.9 Å². The fraction of sp³-hybridized carbons (Fsp3) is 0.360. The quantitative estimate of drug-likeness (QED) is 0.203. The number of benzene rings is 2. The summed E-state index contributed by atoms with van der Waals surface area (Å²) in [6, 6.07) is 10.3. The lowest BCUT2D eigenvalue weighted by atomic mass is 9.98. The summed E-state index contributed by atoms with van der Waals surface area (Å²) in [5.74, 6) is -1.15. The molecule has 0 bridgehead atoms. The van der Waals surface area contributed by atoms with Crippen LogP contribution in [-0.4, -0.2) is 84.6 Å². The summed E-state index contributed by atoms with van der Waals surface area (Å²) in [4.78, 5) is 11.2. The number of hydrogen-bond acceptors (Lipinski definition) is 9. The average Bonchev–Trinajstić information content (AvgIpc) is 3.40. The second kappa shape index (κ2) is 11.9. The van der Waals surface area contributed by atoms with Crippen LogP contribution in [0.25, 0.3) is 5.69 Å². The van der Waals surface area contributed by atoms with Crippen molar-refractivity contribution >= 4 is 31.7 Å². The number of anilines is 1. The molecule has 0 radical (unpaired) electrons. The number of sulfonamides is 2. The van der Waals surface area contributed by atoms with E-state index in [1.165, 1.54) is 51.7 Å². The van der Waals surface area contributed by atoms with E-state index in [0.29, 0.717) is 43.7 Å². The molecule has 2 heterocycles. The molecule has 0 saturated carbocycles. The molecule has 1 aliphatic heterocycles. The van der Waals surface area contributed by atoms with Gasteiger partial charge in [-0.15, -0.1) is 0 Å². The number of aromatic carboxylic acids is 1. The van der Waals surface area contributed by atoms with E-state index in [9.17, 15) is 31.8 Å². The molecule has 40 heavy (non-hydrogen) atoms. The van der Waals surface area contributed by atoms with Crippen LogP contribution in [0.15, 0.2) is 59.8 Å². The monoisotopic (exact) mass is 593 g/mol. The zero-order valence-corrected chi connectivity index (χ0v) is 23.3. The molecule has 216 valence electrons. The molecule has 0 amide bonds. The normalized spacial score (nSPS) is 16.1. The molecule has 1 fully saturated rings. The number of nitrogens with one attached hydrogen (secondary N) is 2. The Kier molecular flexibility index (Phi) is 8.80. The molecule has 1 saturated heterocycles. The summed E-state index contributed by atoms with van der Waals surface area (Å²) >= 11 is 0. The summed E-state index contributed by atoms with van der Waals surface area (Å²) in [6.07, 6.45) is 3.85. The van der Waals surface area contributed by atoms with Gasteiger partial charge in [0.15, 0.2) is 0 Å². The summed E-state index contributed by atoms with van der Waals surface area (Å²) in [5, 5.41) is 36.6. The molecule has 15 heteroatoms. The fourth-order valence-corrected chi connectivity index (χ4v) is 6.47. The van der Waals surface area contributed by atoms with Gasteiger partial charge in [-0.1, -0.05) is 6.07 Å². The van der Waals surface area contributed by atoms with Gasteiger partial charge in [0.1, 0.15) is 5.75 Å². The van der Waals surface area contributed by atoms with Crippen molar-refractivity contribution in [1.29, 1.82) is 0 Å². The van der Waals surface area contributed by atoms with Crippen LogP contribution in [0, 0.1) is 5.92 Å². The van der Waals surface area contributed by atoms with Crippen LogP contribution in [-0.2, 0) is 20.0 Å². The minimum atomic E-state index is -3.70. The highest BCUT2D eigenvalue weighted by Gasteiger charge is 2.29. The highest BCUT2D eigenvalue weighted by atomic mass is 32.2. The number of carboxylic acid groups (broad SMARTS) is 1. The Morgan fingerprint density at radius 3 is 2.38 bits per heavy atom. The number of aliphatic hydroxyl groups is 1. The van der Waals surface area contributed by atoms with Gasteiger partial charge in [0, 0.05) is 25.8 Å². The lowest BCUT2D eigenvalue weighted by molar-refractivity contribution is 0.0696.